The Hall–Kier alpha value is -1.79. The lowest BCUT2D eigenvalue weighted by Gasteiger charge is -2.15. The normalized spacial score (nSPS) is 13.2. The van der Waals surface area contributed by atoms with E-state index >= 15 is 0 Å². The van der Waals surface area contributed by atoms with Crippen LogP contribution in [0.25, 0.3) is 0 Å². The molecule has 148 valence electrons. The molecule has 0 saturated heterocycles. The van der Waals surface area contributed by atoms with Gasteiger partial charge in [-0.3, -0.25) is 4.99 Å². The van der Waals surface area contributed by atoms with E-state index in [1.54, 1.807) is 0 Å². The van der Waals surface area contributed by atoms with E-state index in [0.717, 1.165) is 24.5 Å². The number of guanidine groups is 1. The van der Waals surface area contributed by atoms with Gasteiger partial charge in [-0.1, -0.05) is 26.0 Å². The van der Waals surface area contributed by atoms with Crippen LogP contribution in [-0.4, -0.2) is 50.0 Å². The van der Waals surface area contributed by atoms with Crippen LogP contribution < -0.4 is 15.4 Å². The van der Waals surface area contributed by atoms with Gasteiger partial charge in [0.1, 0.15) is 5.75 Å². The van der Waals surface area contributed by atoms with Crippen LogP contribution >= 0.6 is 0 Å². The molecule has 0 heterocycles. The zero-order chi connectivity index (χ0) is 19.4. The van der Waals surface area contributed by atoms with E-state index in [9.17, 15) is 5.11 Å². The van der Waals surface area contributed by atoms with Crippen molar-refractivity contribution in [2.45, 2.75) is 46.8 Å². The summed E-state index contributed by atoms with van der Waals surface area (Å²) in [6.07, 6.45) is -0.582. The average Bonchev–Trinajstić information content (AvgIpc) is 2.58. The molecule has 1 unspecified atom stereocenters. The molecule has 6 nitrogen and oxygen atoms in total. The minimum Gasteiger partial charge on any atom is -0.491 e. The molecule has 0 radical (unpaired) electrons. The molecule has 3 N–H and O–H groups in total. The molecule has 1 atom stereocenters. The van der Waals surface area contributed by atoms with Crippen molar-refractivity contribution >= 4 is 5.96 Å². The van der Waals surface area contributed by atoms with Crippen LogP contribution in [0.5, 0.6) is 5.75 Å². The molecule has 1 aromatic carbocycles. The molecule has 0 aliphatic carbocycles. The van der Waals surface area contributed by atoms with Crippen molar-refractivity contribution < 1.29 is 14.6 Å². The fourth-order valence-electron chi connectivity index (χ4n) is 2.25. The van der Waals surface area contributed by atoms with Crippen molar-refractivity contribution in [3.8, 4) is 5.75 Å². The standard InChI is InChI=1S/C20H35N3O3/c1-6-21-20(22-10-11-25-14-15(2)3)23-13-19(24)17-8-7-9-18(12-17)26-16(4)5/h7-9,12,15-16,19,24H,6,10-11,13-14H2,1-5H3,(H2,21,22,23). The summed E-state index contributed by atoms with van der Waals surface area (Å²) in [6.45, 7) is 13.3. The second-order valence-corrected chi connectivity index (χ2v) is 6.87. The van der Waals surface area contributed by atoms with Gasteiger partial charge in [0.15, 0.2) is 5.96 Å². The van der Waals surface area contributed by atoms with E-state index in [1.165, 1.54) is 0 Å². The zero-order valence-corrected chi connectivity index (χ0v) is 16.8. The number of nitrogens with one attached hydrogen (secondary N) is 2. The molecule has 6 heteroatoms. The third-order valence-corrected chi connectivity index (χ3v) is 3.37. The van der Waals surface area contributed by atoms with Crippen LogP contribution in [-0.2, 0) is 4.74 Å². The number of rotatable bonds is 11. The molecule has 1 rings (SSSR count). The summed E-state index contributed by atoms with van der Waals surface area (Å²) in [4.78, 5) is 4.46. The number of hydrogen-bond acceptors (Lipinski definition) is 4. The zero-order valence-electron chi connectivity index (χ0n) is 16.8. The third-order valence-electron chi connectivity index (χ3n) is 3.37. The number of aliphatic hydroxyl groups excluding tert-OH is 1. The van der Waals surface area contributed by atoms with Crippen LogP contribution in [0.2, 0.25) is 0 Å². The van der Waals surface area contributed by atoms with E-state index in [1.807, 2.05) is 45.0 Å². The molecule has 0 saturated carbocycles. The second kappa shape index (κ2) is 12.5. The molecule has 0 bridgehead atoms. The highest BCUT2D eigenvalue weighted by atomic mass is 16.5. The second-order valence-electron chi connectivity index (χ2n) is 6.87. The number of aliphatic hydroxyl groups is 1. The van der Waals surface area contributed by atoms with Gasteiger partial charge < -0.3 is 25.2 Å². The van der Waals surface area contributed by atoms with Crippen LogP contribution in [0, 0.1) is 5.92 Å². The van der Waals surface area contributed by atoms with Crippen molar-refractivity contribution in [2.75, 3.05) is 32.8 Å². The Morgan fingerprint density at radius 2 is 1.96 bits per heavy atom. The van der Waals surface area contributed by atoms with E-state index in [4.69, 9.17) is 9.47 Å². The van der Waals surface area contributed by atoms with Crippen LogP contribution in [0.4, 0.5) is 0 Å². The van der Waals surface area contributed by atoms with Gasteiger partial charge in [-0.05, 0) is 44.4 Å². The maximum Gasteiger partial charge on any atom is 0.191 e. The minimum absolute atomic E-state index is 0.0999. The summed E-state index contributed by atoms with van der Waals surface area (Å²) in [6, 6.07) is 7.52. The monoisotopic (exact) mass is 365 g/mol. The Morgan fingerprint density at radius 3 is 2.62 bits per heavy atom. The third kappa shape index (κ3) is 9.63. The number of hydrogen-bond donors (Lipinski definition) is 3. The molecule has 26 heavy (non-hydrogen) atoms. The van der Waals surface area contributed by atoms with Gasteiger partial charge in [0.25, 0.3) is 0 Å². The molecule has 1 aromatic rings. The molecular weight excluding hydrogens is 330 g/mol. The molecule has 0 aliphatic heterocycles. The highest BCUT2D eigenvalue weighted by Crippen LogP contribution is 2.20. The van der Waals surface area contributed by atoms with Crippen molar-refractivity contribution in [3.63, 3.8) is 0 Å². The first kappa shape index (κ1) is 22.3. The Balaban J connectivity index is 2.54. The van der Waals surface area contributed by atoms with Gasteiger partial charge >= 0.3 is 0 Å². The largest absolute Gasteiger partial charge is 0.491 e. The van der Waals surface area contributed by atoms with E-state index in [-0.39, 0.29) is 12.6 Å². The van der Waals surface area contributed by atoms with Gasteiger partial charge in [-0.2, -0.15) is 0 Å². The van der Waals surface area contributed by atoms with E-state index < -0.39 is 6.10 Å². The molecule has 0 amide bonds. The first-order valence-electron chi connectivity index (χ1n) is 9.47. The van der Waals surface area contributed by atoms with Gasteiger partial charge in [0.05, 0.1) is 25.4 Å². The van der Waals surface area contributed by atoms with Crippen molar-refractivity contribution in [2.24, 2.45) is 10.9 Å². The van der Waals surface area contributed by atoms with Gasteiger partial charge in [0.2, 0.25) is 0 Å². The average molecular weight is 366 g/mol. The fourth-order valence-corrected chi connectivity index (χ4v) is 2.25. The van der Waals surface area contributed by atoms with Gasteiger partial charge in [-0.15, -0.1) is 0 Å². The van der Waals surface area contributed by atoms with Crippen molar-refractivity contribution in [3.05, 3.63) is 29.8 Å². The van der Waals surface area contributed by atoms with Crippen molar-refractivity contribution in [1.82, 2.24) is 10.6 Å². The van der Waals surface area contributed by atoms with Gasteiger partial charge in [-0.25, -0.2) is 0 Å². The highest BCUT2D eigenvalue weighted by Gasteiger charge is 2.09. The van der Waals surface area contributed by atoms with Crippen LogP contribution in [0.3, 0.4) is 0 Å². The first-order chi connectivity index (χ1) is 12.4. The summed E-state index contributed by atoms with van der Waals surface area (Å²) < 4.78 is 11.2. The SMILES string of the molecule is CCNC(=NCC(O)c1cccc(OC(C)C)c1)NCCOCC(C)C. The van der Waals surface area contributed by atoms with Crippen LogP contribution in [0.1, 0.15) is 46.3 Å². The lowest BCUT2D eigenvalue weighted by molar-refractivity contribution is 0.114. The topological polar surface area (TPSA) is 75.1 Å². The minimum atomic E-state index is -0.682. The summed E-state index contributed by atoms with van der Waals surface area (Å²) >= 11 is 0. The molecule has 0 spiro atoms. The lowest BCUT2D eigenvalue weighted by atomic mass is 10.1. The molecule has 0 aromatic heterocycles. The maximum absolute atomic E-state index is 10.4. The van der Waals surface area contributed by atoms with Crippen LogP contribution in [0.15, 0.2) is 29.3 Å². The Morgan fingerprint density at radius 1 is 1.19 bits per heavy atom. The Kier molecular flexibility index (Phi) is 10.7. The predicted molar refractivity (Wildman–Crippen MR) is 107 cm³/mol. The smallest absolute Gasteiger partial charge is 0.191 e. The fraction of sp³-hybridized carbons (Fsp3) is 0.650. The number of aliphatic imine (C=N–C) groups is 1. The maximum atomic E-state index is 10.4. The van der Waals surface area contributed by atoms with E-state index in [2.05, 4.69) is 29.5 Å². The molecular formula is C20H35N3O3. The summed E-state index contributed by atoms with van der Waals surface area (Å²) in [5.41, 5.74) is 0.794. The summed E-state index contributed by atoms with van der Waals surface area (Å²) in [7, 11) is 0. The Labute approximate surface area is 158 Å². The highest BCUT2D eigenvalue weighted by molar-refractivity contribution is 5.79. The number of benzene rings is 1. The van der Waals surface area contributed by atoms with Crippen molar-refractivity contribution in [1.29, 1.82) is 0 Å². The van der Waals surface area contributed by atoms with Gasteiger partial charge in [0, 0.05) is 19.7 Å². The molecule has 0 aliphatic rings. The number of ether oxygens (including phenoxy) is 2. The molecule has 0 fully saturated rings. The number of nitrogens with zero attached hydrogens (tertiary/aromatic N) is 1. The lowest BCUT2D eigenvalue weighted by Crippen LogP contribution is -2.39. The summed E-state index contributed by atoms with van der Waals surface area (Å²) in [5.74, 6) is 1.96. The summed E-state index contributed by atoms with van der Waals surface area (Å²) in [5, 5.41) is 16.8. The Bertz CT molecular complexity index is 533. The first-order valence-corrected chi connectivity index (χ1v) is 9.47. The van der Waals surface area contributed by atoms with E-state index in [0.29, 0.717) is 25.0 Å². The quantitative estimate of drug-likeness (QED) is 0.319. The predicted octanol–water partition coefficient (Wildman–Crippen LogP) is 2.73.